The lowest BCUT2D eigenvalue weighted by Gasteiger charge is -2.18. The van der Waals surface area contributed by atoms with Crippen LogP contribution in [0.15, 0.2) is 0 Å². The van der Waals surface area contributed by atoms with Crippen LogP contribution in [0.4, 0.5) is 0 Å². The molecule has 0 saturated carbocycles. The Morgan fingerprint density at radius 1 is 1.44 bits per heavy atom. The van der Waals surface area contributed by atoms with Crippen LogP contribution in [-0.4, -0.2) is 22.8 Å². The van der Waals surface area contributed by atoms with Crippen molar-refractivity contribution in [3.63, 3.8) is 0 Å². The molecule has 0 amide bonds. The topological polar surface area (TPSA) is 18.5 Å². The highest BCUT2D eigenvalue weighted by molar-refractivity contribution is 6.75. The predicted molar refractivity (Wildman–Crippen MR) is 39.1 cm³/mol. The summed E-state index contributed by atoms with van der Waals surface area (Å²) in [4.78, 5) is 0. The van der Waals surface area contributed by atoms with Crippen LogP contribution < -0.4 is 0 Å². The molecule has 0 aliphatic rings. The van der Waals surface area contributed by atoms with Gasteiger partial charge in [0.05, 0.1) is 0 Å². The van der Waals surface area contributed by atoms with Crippen molar-refractivity contribution in [3.05, 3.63) is 0 Å². The summed E-state index contributed by atoms with van der Waals surface area (Å²) in [5.74, 6) is 0. The van der Waals surface area contributed by atoms with Gasteiger partial charge >= 0.3 is 8.56 Å². The molecule has 0 spiro atoms. The van der Waals surface area contributed by atoms with E-state index < -0.39 is 8.56 Å². The van der Waals surface area contributed by atoms with Gasteiger partial charge in [-0.15, -0.1) is 6.42 Å². The molecule has 52 valence electrons. The monoisotopic (exact) mass is 144 g/mol. The van der Waals surface area contributed by atoms with Crippen molar-refractivity contribution in [3.8, 4) is 12.0 Å². The molecule has 0 aromatic rings. The van der Waals surface area contributed by atoms with Gasteiger partial charge in [0.1, 0.15) is 0 Å². The van der Waals surface area contributed by atoms with Crippen molar-refractivity contribution in [2.24, 2.45) is 0 Å². The quantitative estimate of drug-likeness (QED) is 0.433. The standard InChI is InChI=1S/C6H12O2Si/c1-5-9(6-2,7-3)8-4/h1H,6H2,2-4H3. The number of terminal acetylenes is 1. The van der Waals surface area contributed by atoms with Crippen molar-refractivity contribution in [2.45, 2.75) is 13.0 Å². The Balaban J connectivity index is 4.04. The molecule has 0 aliphatic heterocycles. The molecule has 0 aliphatic carbocycles. The molecule has 0 rings (SSSR count). The van der Waals surface area contributed by atoms with Crippen LogP contribution in [-0.2, 0) is 8.85 Å². The summed E-state index contributed by atoms with van der Waals surface area (Å²) < 4.78 is 10.1. The largest absolute Gasteiger partial charge is 0.422 e. The SMILES string of the molecule is C#C[Si](CC)(OC)OC. The van der Waals surface area contributed by atoms with Crippen LogP contribution >= 0.6 is 0 Å². The minimum absolute atomic E-state index is 0.802. The molecular weight excluding hydrogens is 132 g/mol. The van der Waals surface area contributed by atoms with Gasteiger partial charge in [-0.25, -0.2) is 0 Å². The third-order valence-corrected chi connectivity index (χ3v) is 4.03. The third-order valence-electron chi connectivity index (χ3n) is 1.34. The van der Waals surface area contributed by atoms with E-state index in [1.165, 1.54) is 0 Å². The maximum Gasteiger partial charge on any atom is 0.422 e. The molecule has 0 bridgehead atoms. The van der Waals surface area contributed by atoms with Gasteiger partial charge < -0.3 is 8.85 Å². The lowest BCUT2D eigenvalue weighted by Crippen LogP contribution is -2.37. The van der Waals surface area contributed by atoms with Crippen LogP contribution in [0.25, 0.3) is 0 Å². The van der Waals surface area contributed by atoms with E-state index in [-0.39, 0.29) is 0 Å². The van der Waals surface area contributed by atoms with Gasteiger partial charge in [0.25, 0.3) is 0 Å². The van der Waals surface area contributed by atoms with Crippen molar-refractivity contribution in [1.29, 1.82) is 0 Å². The molecule has 2 nitrogen and oxygen atoms in total. The number of rotatable bonds is 3. The highest BCUT2D eigenvalue weighted by Crippen LogP contribution is 2.07. The Bertz CT molecular complexity index is 104. The molecular formula is C6H12O2Si. The van der Waals surface area contributed by atoms with Gasteiger partial charge in [-0.05, 0) is 6.04 Å². The summed E-state index contributed by atoms with van der Waals surface area (Å²) in [5, 5.41) is 0. The van der Waals surface area contributed by atoms with E-state index in [2.05, 4.69) is 5.54 Å². The minimum Gasteiger partial charge on any atom is -0.389 e. The first kappa shape index (κ1) is 8.70. The molecule has 0 unspecified atom stereocenters. The third kappa shape index (κ3) is 1.83. The Kier molecular flexibility index (Phi) is 3.55. The molecule has 9 heavy (non-hydrogen) atoms. The van der Waals surface area contributed by atoms with E-state index in [4.69, 9.17) is 15.3 Å². The molecule has 0 fully saturated rings. The number of hydrogen-bond donors (Lipinski definition) is 0. The second-order valence-electron chi connectivity index (χ2n) is 1.66. The summed E-state index contributed by atoms with van der Waals surface area (Å²) in [6.07, 6.45) is 5.20. The molecule has 3 heteroatoms. The van der Waals surface area contributed by atoms with Gasteiger partial charge in [0, 0.05) is 14.2 Å². The fraction of sp³-hybridized carbons (Fsp3) is 0.667. The van der Waals surface area contributed by atoms with Crippen LogP contribution in [0.3, 0.4) is 0 Å². The first-order valence-corrected chi connectivity index (χ1v) is 4.85. The van der Waals surface area contributed by atoms with Gasteiger partial charge in [-0.1, -0.05) is 12.5 Å². The second kappa shape index (κ2) is 3.67. The fourth-order valence-electron chi connectivity index (χ4n) is 0.592. The van der Waals surface area contributed by atoms with E-state index in [0.29, 0.717) is 0 Å². The molecule has 0 aromatic carbocycles. The summed E-state index contributed by atoms with van der Waals surface area (Å²) >= 11 is 0. The van der Waals surface area contributed by atoms with Crippen LogP contribution in [0.5, 0.6) is 0 Å². The zero-order chi connectivity index (χ0) is 7.33. The molecule has 0 aromatic heterocycles. The predicted octanol–water partition coefficient (Wildman–Crippen LogP) is 0.914. The van der Waals surface area contributed by atoms with Crippen molar-refractivity contribution < 1.29 is 8.85 Å². The van der Waals surface area contributed by atoms with E-state index in [9.17, 15) is 0 Å². The molecule has 0 heterocycles. The smallest absolute Gasteiger partial charge is 0.389 e. The average molecular weight is 144 g/mol. The van der Waals surface area contributed by atoms with Crippen LogP contribution in [0.1, 0.15) is 6.92 Å². The summed E-state index contributed by atoms with van der Waals surface area (Å²) in [7, 11) is 1.03. The highest BCUT2D eigenvalue weighted by atomic mass is 28.4. The summed E-state index contributed by atoms with van der Waals surface area (Å²) in [6.45, 7) is 1.97. The van der Waals surface area contributed by atoms with E-state index in [1.54, 1.807) is 14.2 Å². The Labute approximate surface area is 57.4 Å². The van der Waals surface area contributed by atoms with Gasteiger partial charge in [-0.2, -0.15) is 0 Å². The summed E-state index contributed by atoms with van der Waals surface area (Å²) in [6, 6.07) is 0.802. The Morgan fingerprint density at radius 3 is 1.89 bits per heavy atom. The van der Waals surface area contributed by atoms with Crippen LogP contribution in [0.2, 0.25) is 6.04 Å². The fourth-order valence-corrected chi connectivity index (χ4v) is 1.78. The van der Waals surface area contributed by atoms with Crippen molar-refractivity contribution in [2.75, 3.05) is 14.2 Å². The van der Waals surface area contributed by atoms with E-state index in [0.717, 1.165) is 6.04 Å². The lowest BCUT2D eigenvalue weighted by molar-refractivity contribution is 0.260. The molecule has 0 atom stereocenters. The summed E-state index contributed by atoms with van der Waals surface area (Å²) in [5.41, 5.74) is 2.56. The normalized spacial score (nSPS) is 10.9. The average Bonchev–Trinajstić information content (AvgIpc) is 1.95. The van der Waals surface area contributed by atoms with Crippen molar-refractivity contribution >= 4 is 8.56 Å². The van der Waals surface area contributed by atoms with Crippen molar-refractivity contribution in [1.82, 2.24) is 0 Å². The first-order chi connectivity index (χ1) is 4.24. The van der Waals surface area contributed by atoms with Gasteiger partial charge in [-0.3, -0.25) is 0 Å². The lowest BCUT2D eigenvalue weighted by atomic mass is 11.0. The Morgan fingerprint density at radius 2 is 1.89 bits per heavy atom. The molecule has 0 saturated heterocycles. The zero-order valence-corrected chi connectivity index (χ0v) is 7.10. The van der Waals surface area contributed by atoms with Gasteiger partial charge in [0.2, 0.25) is 0 Å². The van der Waals surface area contributed by atoms with E-state index >= 15 is 0 Å². The first-order valence-electron chi connectivity index (χ1n) is 2.82. The number of hydrogen-bond acceptors (Lipinski definition) is 2. The van der Waals surface area contributed by atoms with Gasteiger partial charge in [0.15, 0.2) is 0 Å². The Hall–Kier alpha value is -0.303. The molecule has 0 radical (unpaired) electrons. The maximum atomic E-state index is 5.20. The second-order valence-corrected chi connectivity index (χ2v) is 4.98. The minimum atomic E-state index is -2.16. The highest BCUT2D eigenvalue weighted by Gasteiger charge is 2.30. The molecule has 0 N–H and O–H groups in total. The van der Waals surface area contributed by atoms with E-state index in [1.807, 2.05) is 6.92 Å². The zero-order valence-electron chi connectivity index (χ0n) is 6.10. The maximum absolute atomic E-state index is 5.20. The van der Waals surface area contributed by atoms with Crippen LogP contribution in [0, 0.1) is 12.0 Å².